The van der Waals surface area contributed by atoms with Crippen molar-refractivity contribution in [2.45, 2.75) is 12.8 Å². The van der Waals surface area contributed by atoms with Crippen LogP contribution in [0.4, 0.5) is 11.5 Å². The van der Waals surface area contributed by atoms with Gasteiger partial charge in [0.2, 0.25) is 0 Å². The molecule has 4 aromatic rings. The number of aromatic nitrogens is 2. The lowest BCUT2D eigenvalue weighted by Crippen LogP contribution is -2.29. The summed E-state index contributed by atoms with van der Waals surface area (Å²) in [6.45, 7) is 0.301. The van der Waals surface area contributed by atoms with E-state index < -0.39 is 17.2 Å². The van der Waals surface area contributed by atoms with E-state index in [1.54, 1.807) is 30.3 Å². The van der Waals surface area contributed by atoms with Crippen LogP contribution in [0, 0.1) is 0 Å². The van der Waals surface area contributed by atoms with Crippen molar-refractivity contribution in [3.63, 3.8) is 0 Å². The number of hydrogen-bond acceptors (Lipinski definition) is 5. The van der Waals surface area contributed by atoms with E-state index in [2.05, 4.69) is 30.0 Å². The second-order valence-corrected chi connectivity index (χ2v) is 10.7. The van der Waals surface area contributed by atoms with Crippen molar-refractivity contribution < 1.29 is 13.6 Å². The molecular weight excluding hydrogens is 607 g/mol. The van der Waals surface area contributed by atoms with Gasteiger partial charge in [0.1, 0.15) is 5.69 Å². The van der Waals surface area contributed by atoms with Gasteiger partial charge in [-0.25, -0.2) is 8.51 Å². The molecule has 7 nitrogen and oxygen atoms in total. The van der Waals surface area contributed by atoms with Crippen molar-refractivity contribution in [2.24, 2.45) is 0 Å². The fourth-order valence-electron chi connectivity index (χ4n) is 3.52. The van der Waals surface area contributed by atoms with Crippen molar-refractivity contribution in [2.75, 3.05) is 10.8 Å². The van der Waals surface area contributed by atoms with Gasteiger partial charge in [-0.2, -0.15) is 8.75 Å². The van der Waals surface area contributed by atoms with Gasteiger partial charge in [-0.1, -0.05) is 75.5 Å². The topological polar surface area (TPSA) is 95.4 Å². The lowest BCUT2D eigenvalue weighted by Gasteiger charge is -2.21. The number of amides is 1. The lowest BCUT2D eigenvalue weighted by atomic mass is 10.1. The monoisotopic (exact) mass is 624 g/mol. The minimum Gasteiger partial charge on any atom is -0.352 e. The van der Waals surface area contributed by atoms with Gasteiger partial charge in [-0.3, -0.25) is 9.35 Å². The van der Waals surface area contributed by atoms with Crippen LogP contribution in [0.1, 0.15) is 27.2 Å². The highest BCUT2D eigenvalue weighted by atomic mass is 79.9. The molecule has 36 heavy (non-hydrogen) atoms. The van der Waals surface area contributed by atoms with Crippen molar-refractivity contribution in [1.82, 2.24) is 14.1 Å². The van der Waals surface area contributed by atoms with Crippen LogP contribution in [0.15, 0.2) is 71.2 Å². The molecule has 0 aliphatic heterocycles. The molecule has 186 valence electrons. The molecule has 12 heteroatoms. The maximum Gasteiger partial charge on any atom is 0.268 e. The Morgan fingerprint density at radius 2 is 1.86 bits per heavy atom. The Hall–Kier alpha value is -2.34. The predicted octanol–water partition coefficient (Wildman–Crippen LogP) is 6.45. The molecule has 1 unspecified atom stereocenters. The number of nitrogens with one attached hydrogen (secondary N) is 1. The summed E-state index contributed by atoms with van der Waals surface area (Å²) in [5.74, 6) is -0.199. The molecule has 4 rings (SSSR count). The highest BCUT2D eigenvalue weighted by molar-refractivity contribution is 9.10. The number of carbonyl (C=O) groups is 1. The first kappa shape index (κ1) is 26.7. The maximum absolute atomic E-state index is 13.2. The average molecular weight is 626 g/mol. The van der Waals surface area contributed by atoms with Crippen molar-refractivity contribution >= 4 is 79.5 Å². The Labute approximate surface area is 233 Å². The van der Waals surface area contributed by atoms with E-state index in [9.17, 15) is 13.6 Å². The van der Waals surface area contributed by atoms with Crippen LogP contribution >= 0.6 is 50.9 Å². The van der Waals surface area contributed by atoms with Gasteiger partial charge in [0.25, 0.3) is 17.2 Å². The van der Waals surface area contributed by atoms with Crippen LogP contribution in [0.3, 0.4) is 0 Å². The first-order valence-electron chi connectivity index (χ1n) is 10.6. The lowest BCUT2D eigenvalue weighted by molar-refractivity contribution is 0.0955. The predicted molar refractivity (Wildman–Crippen MR) is 149 cm³/mol. The van der Waals surface area contributed by atoms with Crippen LogP contribution in [0.25, 0.3) is 0 Å². The van der Waals surface area contributed by atoms with E-state index in [1.807, 2.05) is 36.4 Å². The molecule has 0 radical (unpaired) electrons. The summed E-state index contributed by atoms with van der Waals surface area (Å²) in [6.07, 6.45) is 0.901. The van der Waals surface area contributed by atoms with Gasteiger partial charge in [0, 0.05) is 27.5 Å². The number of halogens is 3. The summed E-state index contributed by atoms with van der Waals surface area (Å²) in [7, 11) is 0. The Balaban J connectivity index is 1.60. The molecule has 0 aliphatic rings. The number of nitrogens with zero attached hydrogens (tertiary/aromatic N) is 3. The van der Waals surface area contributed by atoms with Crippen molar-refractivity contribution in [3.05, 3.63) is 104 Å². The number of anilines is 2. The molecule has 1 atom stereocenters. The molecule has 2 N–H and O–H groups in total. The third-order valence-corrected chi connectivity index (χ3v) is 7.54. The Morgan fingerprint density at radius 3 is 2.58 bits per heavy atom. The number of benzene rings is 3. The van der Waals surface area contributed by atoms with Crippen molar-refractivity contribution in [1.29, 1.82) is 0 Å². The number of hydrogen-bond donors (Lipinski definition) is 2. The number of rotatable bonds is 9. The fourth-order valence-corrected chi connectivity index (χ4v) is 5.59. The molecule has 0 aliphatic carbocycles. The van der Waals surface area contributed by atoms with E-state index >= 15 is 0 Å². The first-order valence-corrected chi connectivity index (χ1v) is 14.0. The van der Waals surface area contributed by atoms with Crippen LogP contribution in [-0.2, 0) is 24.1 Å². The van der Waals surface area contributed by atoms with Crippen molar-refractivity contribution in [3.8, 4) is 0 Å². The van der Waals surface area contributed by atoms with Crippen LogP contribution < -0.4 is 9.62 Å². The van der Waals surface area contributed by atoms with Gasteiger partial charge in [0.05, 0.1) is 23.0 Å². The SMILES string of the molecule is O=C(NCCc1ccc(Cl)cc1Cl)c1ccc(Br)cc1N(c1nsnc1Cc1ccccc1)S(=O)O. The molecule has 0 bridgehead atoms. The first-order chi connectivity index (χ1) is 17.3. The van der Waals surface area contributed by atoms with E-state index in [0.29, 0.717) is 39.6 Å². The van der Waals surface area contributed by atoms with Gasteiger partial charge < -0.3 is 5.32 Å². The maximum atomic E-state index is 13.2. The quantitative estimate of drug-likeness (QED) is 0.209. The zero-order valence-corrected chi connectivity index (χ0v) is 23.3. The fraction of sp³-hybridized carbons (Fsp3) is 0.125. The summed E-state index contributed by atoms with van der Waals surface area (Å²) >= 11 is 14.0. The second kappa shape index (κ2) is 12.3. The summed E-state index contributed by atoms with van der Waals surface area (Å²) in [4.78, 5) is 13.2. The smallest absolute Gasteiger partial charge is 0.268 e. The van der Waals surface area contributed by atoms with Gasteiger partial charge in [-0.15, -0.1) is 0 Å². The number of carbonyl (C=O) groups excluding carboxylic acids is 1. The molecule has 0 spiro atoms. The largest absolute Gasteiger partial charge is 0.352 e. The molecule has 0 saturated carbocycles. The zero-order chi connectivity index (χ0) is 25.7. The molecule has 0 saturated heterocycles. The normalized spacial score (nSPS) is 11.8. The van der Waals surface area contributed by atoms with Crippen LogP contribution in [0.2, 0.25) is 10.0 Å². The Kier molecular flexibility index (Phi) is 9.10. The van der Waals surface area contributed by atoms with Crippen LogP contribution in [0.5, 0.6) is 0 Å². The Bertz CT molecular complexity index is 1410. The van der Waals surface area contributed by atoms with E-state index in [1.165, 1.54) is 0 Å². The Morgan fingerprint density at radius 1 is 1.08 bits per heavy atom. The zero-order valence-electron chi connectivity index (χ0n) is 18.5. The molecular formula is C24H19BrCl2N4O3S2. The average Bonchev–Trinajstić information content (AvgIpc) is 3.28. The minimum atomic E-state index is -2.52. The molecule has 3 aromatic carbocycles. The van der Waals surface area contributed by atoms with E-state index in [4.69, 9.17) is 23.2 Å². The summed E-state index contributed by atoms with van der Waals surface area (Å²) in [5, 5.41) is 3.91. The standard InChI is InChI=1S/C24H19BrCl2N4O3S2/c25-17-7-9-19(24(32)28-11-10-16-6-8-18(26)14-20(16)27)22(13-17)31(36(33)34)23-21(29-35-30-23)12-15-4-2-1-3-5-15/h1-9,13-14H,10-12H2,(H,28,32)(H,33,34). The summed E-state index contributed by atoms with van der Waals surface area (Å²) in [5.41, 5.74) is 2.77. The van der Waals surface area contributed by atoms with E-state index in [0.717, 1.165) is 27.2 Å². The summed E-state index contributed by atoms with van der Waals surface area (Å²) in [6, 6.07) is 19.7. The molecule has 0 fully saturated rings. The molecule has 1 heterocycles. The van der Waals surface area contributed by atoms with Gasteiger partial charge in [0.15, 0.2) is 5.82 Å². The second-order valence-electron chi connectivity index (χ2n) is 7.63. The minimum absolute atomic E-state index is 0.210. The highest BCUT2D eigenvalue weighted by Crippen LogP contribution is 2.34. The third-order valence-electron chi connectivity index (χ3n) is 5.22. The highest BCUT2D eigenvalue weighted by Gasteiger charge is 2.27. The summed E-state index contributed by atoms with van der Waals surface area (Å²) < 4.78 is 33.2. The van der Waals surface area contributed by atoms with Gasteiger partial charge >= 0.3 is 0 Å². The third kappa shape index (κ3) is 6.50. The molecule has 1 amide bonds. The van der Waals surface area contributed by atoms with Crippen LogP contribution in [-0.4, -0.2) is 30.0 Å². The molecule has 1 aromatic heterocycles. The van der Waals surface area contributed by atoms with E-state index in [-0.39, 0.29) is 17.1 Å². The van der Waals surface area contributed by atoms with Gasteiger partial charge in [-0.05, 0) is 47.9 Å².